The SMILES string of the molecule is Cc1c(N(C(C(=O)O)C(C)(C)C)S(=O)(=O)c2cc(Cl)cc(Cl)c2)ccc2[nH]ccc12. The van der Waals surface area contributed by atoms with Crippen molar-refractivity contribution in [1.29, 1.82) is 0 Å². The van der Waals surface area contributed by atoms with Crippen molar-refractivity contribution in [3.63, 3.8) is 0 Å². The Labute approximate surface area is 185 Å². The monoisotopic (exact) mass is 468 g/mol. The van der Waals surface area contributed by atoms with E-state index in [0.717, 1.165) is 15.2 Å². The number of nitrogens with zero attached hydrogens (tertiary/aromatic N) is 1. The number of hydrogen-bond donors (Lipinski definition) is 2. The van der Waals surface area contributed by atoms with E-state index in [9.17, 15) is 18.3 Å². The first-order chi connectivity index (χ1) is 13.8. The third-order valence-electron chi connectivity index (χ3n) is 4.89. The average molecular weight is 469 g/mol. The van der Waals surface area contributed by atoms with Crippen LogP contribution in [0.5, 0.6) is 0 Å². The number of hydrogen-bond acceptors (Lipinski definition) is 3. The highest BCUT2D eigenvalue weighted by Crippen LogP contribution is 2.38. The van der Waals surface area contributed by atoms with Gasteiger partial charge in [0, 0.05) is 27.1 Å². The molecule has 1 heterocycles. The Kier molecular flexibility index (Phi) is 5.84. The van der Waals surface area contributed by atoms with E-state index >= 15 is 0 Å². The number of aromatic amines is 1. The maximum absolute atomic E-state index is 13.8. The maximum atomic E-state index is 13.8. The molecule has 1 unspecified atom stereocenters. The van der Waals surface area contributed by atoms with Crippen molar-refractivity contribution >= 4 is 55.8 Å². The van der Waals surface area contributed by atoms with E-state index in [-0.39, 0.29) is 20.6 Å². The summed E-state index contributed by atoms with van der Waals surface area (Å²) in [6, 6.07) is 7.73. The molecule has 1 atom stereocenters. The van der Waals surface area contributed by atoms with Gasteiger partial charge in [-0.25, -0.2) is 13.2 Å². The van der Waals surface area contributed by atoms with Crippen molar-refractivity contribution in [2.24, 2.45) is 5.41 Å². The van der Waals surface area contributed by atoms with Gasteiger partial charge in [0.1, 0.15) is 6.04 Å². The number of sulfonamides is 1. The molecule has 1 aromatic heterocycles. The normalized spacial score (nSPS) is 13.4. The standard InChI is InChI=1S/C21H22Cl2N2O4S/c1-12-16-7-8-24-17(16)5-6-18(12)25(19(20(26)27)21(2,3)4)30(28,29)15-10-13(22)9-14(23)11-15/h5-11,19,24H,1-4H3,(H,26,27). The number of halogens is 2. The van der Waals surface area contributed by atoms with Gasteiger partial charge in [-0.1, -0.05) is 44.0 Å². The lowest BCUT2D eigenvalue weighted by Crippen LogP contribution is -2.52. The third kappa shape index (κ3) is 4.02. The molecule has 0 aliphatic heterocycles. The molecular formula is C21H22Cl2N2O4S. The second-order valence-electron chi connectivity index (χ2n) is 8.16. The fourth-order valence-electron chi connectivity index (χ4n) is 3.53. The molecule has 2 N–H and O–H groups in total. The molecule has 0 fully saturated rings. The van der Waals surface area contributed by atoms with Gasteiger partial charge in [0.25, 0.3) is 10.0 Å². The minimum Gasteiger partial charge on any atom is -0.480 e. The lowest BCUT2D eigenvalue weighted by Gasteiger charge is -2.38. The molecule has 0 aliphatic carbocycles. The molecule has 0 radical (unpaired) electrons. The Morgan fingerprint density at radius 1 is 1.10 bits per heavy atom. The summed E-state index contributed by atoms with van der Waals surface area (Å²) in [5.41, 5.74) is 0.823. The molecule has 160 valence electrons. The van der Waals surface area contributed by atoms with Crippen LogP contribution < -0.4 is 4.31 Å². The van der Waals surface area contributed by atoms with Gasteiger partial charge in [-0.3, -0.25) is 4.31 Å². The number of carboxylic acids is 1. The van der Waals surface area contributed by atoms with Crippen molar-refractivity contribution in [2.45, 2.75) is 38.6 Å². The van der Waals surface area contributed by atoms with E-state index < -0.39 is 27.4 Å². The number of H-pyrrole nitrogens is 1. The van der Waals surface area contributed by atoms with Crippen LogP contribution in [0.4, 0.5) is 5.69 Å². The van der Waals surface area contributed by atoms with Gasteiger partial charge < -0.3 is 10.1 Å². The number of carboxylic acid groups (broad SMARTS) is 1. The van der Waals surface area contributed by atoms with Crippen LogP contribution in [0.15, 0.2) is 47.5 Å². The summed E-state index contributed by atoms with van der Waals surface area (Å²) in [6.45, 7) is 6.82. The van der Waals surface area contributed by atoms with E-state index in [1.54, 1.807) is 46.0 Å². The van der Waals surface area contributed by atoms with E-state index in [1.165, 1.54) is 18.2 Å². The van der Waals surface area contributed by atoms with E-state index in [0.29, 0.717) is 5.56 Å². The zero-order valence-corrected chi connectivity index (χ0v) is 19.2. The van der Waals surface area contributed by atoms with Crippen LogP contribution in [-0.4, -0.2) is 30.5 Å². The van der Waals surface area contributed by atoms with Crippen molar-refractivity contribution in [2.75, 3.05) is 4.31 Å². The molecule has 6 nitrogen and oxygen atoms in total. The van der Waals surface area contributed by atoms with Gasteiger partial charge in [-0.15, -0.1) is 0 Å². The summed E-state index contributed by atoms with van der Waals surface area (Å²) in [6.07, 6.45) is 1.75. The average Bonchev–Trinajstić information content (AvgIpc) is 3.07. The summed E-state index contributed by atoms with van der Waals surface area (Å²) >= 11 is 12.1. The zero-order chi connectivity index (χ0) is 22.4. The minimum absolute atomic E-state index is 0.140. The highest BCUT2D eigenvalue weighted by molar-refractivity contribution is 7.93. The third-order valence-corrected chi connectivity index (χ3v) is 7.09. The number of aliphatic carboxylic acids is 1. The Balaban J connectivity index is 2.37. The first-order valence-corrected chi connectivity index (χ1v) is 11.3. The summed E-state index contributed by atoms with van der Waals surface area (Å²) in [5.74, 6) is -1.26. The zero-order valence-electron chi connectivity index (χ0n) is 16.9. The number of aryl methyl sites for hydroxylation is 1. The summed E-state index contributed by atoms with van der Waals surface area (Å²) < 4.78 is 28.6. The van der Waals surface area contributed by atoms with E-state index in [2.05, 4.69) is 4.98 Å². The van der Waals surface area contributed by atoms with Crippen LogP contribution in [0.2, 0.25) is 10.0 Å². The predicted octanol–water partition coefficient (Wildman–Crippen LogP) is 5.48. The van der Waals surface area contributed by atoms with Crippen LogP contribution in [-0.2, 0) is 14.8 Å². The second-order valence-corrected chi connectivity index (χ2v) is 10.8. The highest BCUT2D eigenvalue weighted by atomic mass is 35.5. The van der Waals surface area contributed by atoms with Gasteiger partial charge in [-0.2, -0.15) is 0 Å². The molecule has 30 heavy (non-hydrogen) atoms. The maximum Gasteiger partial charge on any atom is 0.328 e. The quantitative estimate of drug-likeness (QED) is 0.518. The van der Waals surface area contributed by atoms with Gasteiger partial charge in [0.2, 0.25) is 0 Å². The number of fused-ring (bicyclic) bond motifs is 1. The van der Waals surface area contributed by atoms with Gasteiger partial charge >= 0.3 is 5.97 Å². The lowest BCUT2D eigenvalue weighted by atomic mass is 9.86. The van der Waals surface area contributed by atoms with Crippen LogP contribution in [0, 0.1) is 12.3 Å². The number of carbonyl (C=O) groups is 1. The molecular weight excluding hydrogens is 447 g/mol. The van der Waals surface area contributed by atoms with Crippen molar-refractivity contribution in [1.82, 2.24) is 4.98 Å². The smallest absolute Gasteiger partial charge is 0.328 e. The van der Waals surface area contributed by atoms with E-state index in [1.807, 2.05) is 6.07 Å². The lowest BCUT2D eigenvalue weighted by molar-refractivity contribution is -0.140. The number of aromatic nitrogens is 1. The Morgan fingerprint density at radius 3 is 2.23 bits per heavy atom. The van der Waals surface area contributed by atoms with Crippen molar-refractivity contribution in [3.8, 4) is 0 Å². The van der Waals surface area contributed by atoms with Crippen LogP contribution in [0.25, 0.3) is 10.9 Å². The summed E-state index contributed by atoms with van der Waals surface area (Å²) in [4.78, 5) is 15.2. The first kappa shape index (κ1) is 22.5. The van der Waals surface area contributed by atoms with Gasteiger partial charge in [-0.05, 0) is 54.3 Å². The second kappa shape index (κ2) is 7.80. The van der Waals surface area contributed by atoms with Crippen molar-refractivity contribution < 1.29 is 18.3 Å². The predicted molar refractivity (Wildman–Crippen MR) is 120 cm³/mol. The highest BCUT2D eigenvalue weighted by Gasteiger charge is 2.44. The Morgan fingerprint density at radius 2 is 1.70 bits per heavy atom. The van der Waals surface area contributed by atoms with Gasteiger partial charge in [0.15, 0.2) is 0 Å². The molecule has 0 amide bonds. The first-order valence-electron chi connectivity index (χ1n) is 9.14. The molecule has 0 bridgehead atoms. The van der Waals surface area contributed by atoms with Crippen LogP contribution >= 0.6 is 23.2 Å². The van der Waals surface area contributed by atoms with Crippen LogP contribution in [0.3, 0.4) is 0 Å². The minimum atomic E-state index is -4.33. The number of nitrogens with one attached hydrogen (secondary N) is 1. The fraction of sp³-hybridized carbons (Fsp3) is 0.286. The fourth-order valence-corrected chi connectivity index (χ4v) is 6.11. The topological polar surface area (TPSA) is 90.5 Å². The summed E-state index contributed by atoms with van der Waals surface area (Å²) in [7, 11) is -4.33. The number of benzene rings is 2. The molecule has 0 saturated heterocycles. The van der Waals surface area contributed by atoms with Gasteiger partial charge in [0.05, 0.1) is 10.6 Å². The Bertz CT molecular complexity index is 1210. The molecule has 3 aromatic rings. The largest absolute Gasteiger partial charge is 0.480 e. The van der Waals surface area contributed by atoms with Crippen LogP contribution in [0.1, 0.15) is 26.3 Å². The van der Waals surface area contributed by atoms with E-state index in [4.69, 9.17) is 23.2 Å². The molecule has 9 heteroatoms. The van der Waals surface area contributed by atoms with Crippen molar-refractivity contribution in [3.05, 3.63) is 58.2 Å². The molecule has 0 aliphatic rings. The number of anilines is 1. The molecule has 2 aromatic carbocycles. The summed E-state index contributed by atoms with van der Waals surface area (Å²) in [5, 5.41) is 11.1. The Hall–Kier alpha value is -2.22. The molecule has 3 rings (SSSR count). The number of rotatable bonds is 5. The molecule has 0 spiro atoms. The molecule has 0 saturated carbocycles.